The van der Waals surface area contributed by atoms with Gasteiger partial charge in [0.05, 0.1) is 17.3 Å². The summed E-state index contributed by atoms with van der Waals surface area (Å²) in [4.78, 5) is 12.4. The molecule has 0 spiro atoms. The van der Waals surface area contributed by atoms with Gasteiger partial charge >= 0.3 is 0 Å². The van der Waals surface area contributed by atoms with Crippen LogP contribution in [0.25, 0.3) is 5.52 Å². The van der Waals surface area contributed by atoms with Crippen LogP contribution in [0.2, 0.25) is 0 Å². The number of carbonyl (C=O) groups is 1. The molecular weight excluding hydrogens is 224 g/mol. The SMILES string of the molecule is Cc1ccc(C(=O)c2cnn3ccccc23)cc1. The zero-order valence-corrected chi connectivity index (χ0v) is 10.00. The van der Waals surface area contributed by atoms with Crippen LogP contribution in [-0.2, 0) is 0 Å². The zero-order chi connectivity index (χ0) is 12.5. The number of ketones is 1. The number of fused-ring (bicyclic) bond motifs is 1. The van der Waals surface area contributed by atoms with Crippen molar-refractivity contribution in [1.29, 1.82) is 0 Å². The molecule has 0 N–H and O–H groups in total. The van der Waals surface area contributed by atoms with Gasteiger partial charge in [-0.15, -0.1) is 0 Å². The third kappa shape index (κ3) is 1.70. The second-order valence-corrected chi connectivity index (χ2v) is 4.28. The van der Waals surface area contributed by atoms with Crippen LogP contribution in [0, 0.1) is 6.92 Å². The Bertz CT molecular complexity index is 711. The molecule has 1 aromatic carbocycles. The highest BCUT2D eigenvalue weighted by Gasteiger charge is 2.13. The van der Waals surface area contributed by atoms with E-state index in [1.807, 2.05) is 55.6 Å². The van der Waals surface area contributed by atoms with E-state index < -0.39 is 0 Å². The Morgan fingerprint density at radius 1 is 1.11 bits per heavy atom. The molecule has 2 aromatic heterocycles. The molecule has 0 radical (unpaired) electrons. The fourth-order valence-electron chi connectivity index (χ4n) is 1.97. The van der Waals surface area contributed by atoms with E-state index >= 15 is 0 Å². The van der Waals surface area contributed by atoms with Gasteiger partial charge in [-0.25, -0.2) is 4.52 Å². The first-order valence-corrected chi connectivity index (χ1v) is 5.79. The molecule has 0 atom stereocenters. The van der Waals surface area contributed by atoms with Gasteiger partial charge in [0.2, 0.25) is 0 Å². The highest BCUT2D eigenvalue weighted by Crippen LogP contribution is 2.15. The van der Waals surface area contributed by atoms with Crippen LogP contribution < -0.4 is 0 Å². The molecule has 0 fully saturated rings. The smallest absolute Gasteiger partial charge is 0.196 e. The first-order chi connectivity index (χ1) is 8.75. The molecule has 88 valence electrons. The summed E-state index contributed by atoms with van der Waals surface area (Å²) in [5.74, 6) is 0.0104. The fourth-order valence-corrected chi connectivity index (χ4v) is 1.97. The number of hydrogen-bond donors (Lipinski definition) is 0. The van der Waals surface area contributed by atoms with Crippen LogP contribution in [0.5, 0.6) is 0 Å². The Morgan fingerprint density at radius 2 is 1.89 bits per heavy atom. The van der Waals surface area contributed by atoms with Crippen molar-refractivity contribution in [3.63, 3.8) is 0 Å². The van der Waals surface area contributed by atoms with E-state index in [-0.39, 0.29) is 5.78 Å². The zero-order valence-electron chi connectivity index (χ0n) is 10.00. The van der Waals surface area contributed by atoms with Crippen molar-refractivity contribution in [1.82, 2.24) is 9.61 Å². The van der Waals surface area contributed by atoms with Gasteiger partial charge in [0.1, 0.15) is 0 Å². The predicted molar refractivity (Wildman–Crippen MR) is 69.8 cm³/mol. The topological polar surface area (TPSA) is 34.4 Å². The molecule has 0 aliphatic carbocycles. The summed E-state index contributed by atoms with van der Waals surface area (Å²) in [6.07, 6.45) is 3.46. The summed E-state index contributed by atoms with van der Waals surface area (Å²) in [7, 11) is 0. The number of benzene rings is 1. The van der Waals surface area contributed by atoms with Crippen molar-refractivity contribution in [2.75, 3.05) is 0 Å². The molecule has 0 aliphatic rings. The van der Waals surface area contributed by atoms with E-state index in [0.29, 0.717) is 11.1 Å². The number of hydrogen-bond acceptors (Lipinski definition) is 2. The van der Waals surface area contributed by atoms with Gasteiger partial charge in [-0.05, 0) is 19.1 Å². The van der Waals surface area contributed by atoms with Crippen molar-refractivity contribution in [3.05, 3.63) is 71.5 Å². The highest BCUT2D eigenvalue weighted by molar-refractivity contribution is 6.12. The van der Waals surface area contributed by atoms with E-state index in [1.165, 1.54) is 0 Å². The molecule has 0 bridgehead atoms. The molecule has 0 amide bonds. The average Bonchev–Trinajstić information content (AvgIpc) is 2.82. The summed E-state index contributed by atoms with van der Waals surface area (Å²) in [5.41, 5.74) is 3.31. The average molecular weight is 236 g/mol. The lowest BCUT2D eigenvalue weighted by Crippen LogP contribution is -2.00. The third-order valence-electron chi connectivity index (χ3n) is 2.98. The number of aromatic nitrogens is 2. The Balaban J connectivity index is 2.09. The standard InChI is InChI=1S/C15H12N2O/c1-11-5-7-12(8-6-11)15(18)13-10-16-17-9-3-2-4-14(13)17/h2-10H,1H3. The minimum Gasteiger partial charge on any atom is -0.288 e. The van der Waals surface area contributed by atoms with Crippen molar-refractivity contribution in [2.24, 2.45) is 0 Å². The van der Waals surface area contributed by atoms with Gasteiger partial charge < -0.3 is 0 Å². The molecule has 3 heteroatoms. The molecule has 0 unspecified atom stereocenters. The molecule has 18 heavy (non-hydrogen) atoms. The van der Waals surface area contributed by atoms with Gasteiger partial charge in [0.25, 0.3) is 0 Å². The van der Waals surface area contributed by atoms with Gasteiger partial charge in [0.15, 0.2) is 5.78 Å². The largest absolute Gasteiger partial charge is 0.288 e. The third-order valence-corrected chi connectivity index (χ3v) is 2.98. The normalized spacial score (nSPS) is 10.7. The number of carbonyl (C=O) groups excluding carboxylic acids is 1. The molecule has 3 aromatic rings. The predicted octanol–water partition coefficient (Wildman–Crippen LogP) is 2.87. The summed E-state index contributed by atoms with van der Waals surface area (Å²) < 4.78 is 1.71. The fraction of sp³-hybridized carbons (Fsp3) is 0.0667. The van der Waals surface area contributed by atoms with E-state index in [1.54, 1.807) is 10.7 Å². The Morgan fingerprint density at radius 3 is 2.67 bits per heavy atom. The van der Waals surface area contributed by atoms with Crippen LogP contribution in [-0.4, -0.2) is 15.4 Å². The van der Waals surface area contributed by atoms with Crippen molar-refractivity contribution < 1.29 is 4.79 Å². The second kappa shape index (κ2) is 4.11. The maximum absolute atomic E-state index is 12.4. The van der Waals surface area contributed by atoms with E-state index in [2.05, 4.69) is 5.10 Å². The lowest BCUT2D eigenvalue weighted by atomic mass is 10.0. The Hall–Kier alpha value is -2.42. The molecule has 0 aliphatic heterocycles. The van der Waals surface area contributed by atoms with Crippen molar-refractivity contribution in [2.45, 2.75) is 6.92 Å². The summed E-state index contributed by atoms with van der Waals surface area (Å²) >= 11 is 0. The van der Waals surface area contributed by atoms with Crippen molar-refractivity contribution in [3.8, 4) is 0 Å². The molecule has 2 heterocycles. The van der Waals surface area contributed by atoms with Crippen LogP contribution in [0.15, 0.2) is 54.9 Å². The van der Waals surface area contributed by atoms with Crippen LogP contribution >= 0.6 is 0 Å². The lowest BCUT2D eigenvalue weighted by molar-refractivity contribution is 0.104. The van der Waals surface area contributed by atoms with Gasteiger partial charge in [-0.2, -0.15) is 5.10 Å². The van der Waals surface area contributed by atoms with Crippen LogP contribution in [0.1, 0.15) is 21.5 Å². The molecule has 0 saturated heterocycles. The summed E-state index contributed by atoms with van der Waals surface area (Å²) in [6, 6.07) is 13.3. The minimum atomic E-state index is 0.0104. The Labute approximate surface area is 105 Å². The number of aryl methyl sites for hydroxylation is 1. The molecule has 3 rings (SSSR count). The lowest BCUT2D eigenvalue weighted by Gasteiger charge is -2.00. The second-order valence-electron chi connectivity index (χ2n) is 4.28. The molecular formula is C15H12N2O. The Kier molecular flexibility index (Phi) is 2.45. The number of pyridine rings is 1. The number of rotatable bonds is 2. The first kappa shape index (κ1) is 10.7. The maximum atomic E-state index is 12.4. The van der Waals surface area contributed by atoms with Crippen LogP contribution in [0.3, 0.4) is 0 Å². The van der Waals surface area contributed by atoms with E-state index in [0.717, 1.165) is 11.1 Å². The van der Waals surface area contributed by atoms with Crippen LogP contribution in [0.4, 0.5) is 0 Å². The van der Waals surface area contributed by atoms with E-state index in [4.69, 9.17) is 0 Å². The monoisotopic (exact) mass is 236 g/mol. The van der Waals surface area contributed by atoms with E-state index in [9.17, 15) is 4.79 Å². The van der Waals surface area contributed by atoms with Gasteiger partial charge in [-0.1, -0.05) is 35.9 Å². The van der Waals surface area contributed by atoms with Gasteiger partial charge in [-0.3, -0.25) is 4.79 Å². The summed E-state index contributed by atoms with van der Waals surface area (Å²) in [5, 5.41) is 4.18. The maximum Gasteiger partial charge on any atom is 0.196 e. The minimum absolute atomic E-state index is 0.0104. The highest BCUT2D eigenvalue weighted by atomic mass is 16.1. The quantitative estimate of drug-likeness (QED) is 0.641. The van der Waals surface area contributed by atoms with Crippen molar-refractivity contribution >= 4 is 11.3 Å². The summed E-state index contributed by atoms with van der Waals surface area (Å²) in [6.45, 7) is 2.00. The number of nitrogens with zero attached hydrogens (tertiary/aromatic N) is 2. The molecule has 3 nitrogen and oxygen atoms in total. The first-order valence-electron chi connectivity index (χ1n) is 5.79. The molecule has 0 saturated carbocycles. The van der Waals surface area contributed by atoms with Gasteiger partial charge in [0, 0.05) is 11.8 Å².